The highest BCUT2D eigenvalue weighted by Crippen LogP contribution is 2.21. The second kappa shape index (κ2) is 9.34. The Hall–Kier alpha value is -2.90. The molecule has 0 aliphatic heterocycles. The van der Waals surface area contributed by atoms with Crippen molar-refractivity contribution in [2.75, 3.05) is 11.9 Å². The van der Waals surface area contributed by atoms with E-state index in [9.17, 15) is 9.59 Å². The molecule has 2 aromatic carbocycles. The van der Waals surface area contributed by atoms with E-state index in [4.69, 9.17) is 16.3 Å². The Morgan fingerprint density at radius 2 is 1.82 bits per heavy atom. The van der Waals surface area contributed by atoms with Gasteiger partial charge in [-0.15, -0.1) is 11.3 Å². The highest BCUT2D eigenvalue weighted by Gasteiger charge is 2.07. The number of carbonyl (C=O) groups excluding carboxylic acids is 2. The highest BCUT2D eigenvalue weighted by atomic mass is 35.5. The van der Waals surface area contributed by atoms with Crippen LogP contribution in [0.5, 0.6) is 5.75 Å². The molecule has 0 aliphatic rings. The maximum atomic E-state index is 11.9. The monoisotopic (exact) mass is 415 g/mol. The third-order valence-corrected chi connectivity index (χ3v) is 4.80. The second-order valence-electron chi connectivity index (χ2n) is 5.92. The minimum absolute atomic E-state index is 0.0267. The smallest absolute Gasteiger partial charge is 0.258 e. The number of halogens is 1. The molecule has 0 fully saturated rings. The number of aromatic nitrogens is 1. The van der Waals surface area contributed by atoms with Gasteiger partial charge in [-0.1, -0.05) is 11.6 Å². The average molecular weight is 416 g/mol. The fraction of sp³-hybridized carbons (Fsp3) is 0.150. The lowest BCUT2D eigenvalue weighted by atomic mass is 10.1. The molecule has 0 unspecified atom stereocenters. The summed E-state index contributed by atoms with van der Waals surface area (Å²) >= 11 is 7.24. The van der Waals surface area contributed by atoms with Gasteiger partial charge in [0, 0.05) is 21.7 Å². The van der Waals surface area contributed by atoms with Gasteiger partial charge in [0.1, 0.15) is 5.75 Å². The molecular weight excluding hydrogens is 398 g/mol. The van der Waals surface area contributed by atoms with E-state index in [-0.39, 0.29) is 18.3 Å². The zero-order valence-corrected chi connectivity index (χ0v) is 16.6. The van der Waals surface area contributed by atoms with Gasteiger partial charge in [0.25, 0.3) is 5.91 Å². The van der Waals surface area contributed by atoms with Crippen LogP contribution in [0.1, 0.15) is 23.0 Å². The highest BCUT2D eigenvalue weighted by molar-refractivity contribution is 7.13. The molecule has 0 saturated heterocycles. The van der Waals surface area contributed by atoms with E-state index >= 15 is 0 Å². The van der Waals surface area contributed by atoms with Crippen molar-refractivity contribution in [3.63, 3.8) is 0 Å². The van der Waals surface area contributed by atoms with Crippen LogP contribution in [0.25, 0.3) is 0 Å². The lowest BCUT2D eigenvalue weighted by Crippen LogP contribution is -2.28. The number of hydrogen-bond donors (Lipinski definition) is 2. The summed E-state index contributed by atoms with van der Waals surface area (Å²) in [5.41, 5.74) is 2.24. The number of amides is 1. The van der Waals surface area contributed by atoms with E-state index in [1.807, 2.05) is 17.5 Å². The number of hydrogen-bond acceptors (Lipinski definition) is 6. The number of ether oxygens (including phenoxy) is 1. The number of rotatable bonds is 8. The number of anilines is 2. The predicted octanol–water partition coefficient (Wildman–Crippen LogP) is 4.44. The summed E-state index contributed by atoms with van der Waals surface area (Å²) in [5, 5.41) is 9.13. The molecule has 8 heteroatoms. The Bertz CT molecular complexity index is 956. The van der Waals surface area contributed by atoms with Crippen molar-refractivity contribution in [2.45, 2.75) is 13.5 Å². The van der Waals surface area contributed by atoms with Crippen LogP contribution in [0, 0.1) is 0 Å². The maximum absolute atomic E-state index is 11.9. The summed E-state index contributed by atoms with van der Waals surface area (Å²) in [5.74, 6) is 0.367. The van der Waals surface area contributed by atoms with Crippen LogP contribution < -0.4 is 15.4 Å². The number of ketones is 1. The van der Waals surface area contributed by atoms with Gasteiger partial charge in [-0.25, -0.2) is 4.98 Å². The molecule has 2 N–H and O–H groups in total. The quantitative estimate of drug-likeness (QED) is 0.532. The molecule has 1 amide bonds. The largest absolute Gasteiger partial charge is 0.484 e. The first-order valence-corrected chi connectivity index (χ1v) is 9.73. The first kappa shape index (κ1) is 19.9. The number of nitrogens with one attached hydrogen (secondary N) is 2. The van der Waals surface area contributed by atoms with Crippen molar-refractivity contribution in [1.29, 1.82) is 0 Å². The van der Waals surface area contributed by atoms with Crippen molar-refractivity contribution >= 4 is 45.4 Å². The van der Waals surface area contributed by atoms with E-state index < -0.39 is 0 Å². The number of carbonyl (C=O) groups is 2. The zero-order valence-electron chi connectivity index (χ0n) is 15.1. The Labute approximate surface area is 171 Å². The van der Waals surface area contributed by atoms with Crippen LogP contribution in [0.2, 0.25) is 5.02 Å². The normalized spacial score (nSPS) is 10.4. The van der Waals surface area contributed by atoms with Gasteiger partial charge < -0.3 is 15.4 Å². The van der Waals surface area contributed by atoms with Gasteiger partial charge in [-0.05, 0) is 55.5 Å². The van der Waals surface area contributed by atoms with Crippen molar-refractivity contribution in [3.8, 4) is 5.75 Å². The first-order chi connectivity index (χ1) is 13.5. The first-order valence-electron chi connectivity index (χ1n) is 8.47. The molecule has 0 spiro atoms. The Kier molecular flexibility index (Phi) is 6.62. The van der Waals surface area contributed by atoms with Crippen LogP contribution in [-0.2, 0) is 11.3 Å². The van der Waals surface area contributed by atoms with E-state index in [0.717, 1.165) is 11.4 Å². The molecular formula is C20H18ClN3O3S. The number of nitrogens with zero attached hydrogens (tertiary/aromatic N) is 1. The average Bonchev–Trinajstić information content (AvgIpc) is 3.13. The molecule has 28 heavy (non-hydrogen) atoms. The maximum Gasteiger partial charge on any atom is 0.258 e. The van der Waals surface area contributed by atoms with Crippen LogP contribution in [0.3, 0.4) is 0 Å². The molecule has 0 saturated carbocycles. The number of benzene rings is 2. The topological polar surface area (TPSA) is 80.3 Å². The SMILES string of the molecule is CC(=O)c1ccc(Nc2nc(CNC(=O)COc3ccc(Cl)cc3)cs2)cc1. The van der Waals surface area contributed by atoms with Gasteiger partial charge >= 0.3 is 0 Å². The summed E-state index contributed by atoms with van der Waals surface area (Å²) in [6.45, 7) is 1.76. The van der Waals surface area contributed by atoms with Crippen LogP contribution in [0.4, 0.5) is 10.8 Å². The standard InChI is InChI=1S/C20H18ClN3O3S/c1-13(25)14-2-6-16(7-3-14)23-20-24-17(12-28-20)10-22-19(26)11-27-18-8-4-15(21)5-9-18/h2-9,12H,10-11H2,1H3,(H,22,26)(H,23,24). The third kappa shape index (κ3) is 5.80. The van der Waals surface area contributed by atoms with Crippen molar-refractivity contribution in [1.82, 2.24) is 10.3 Å². The van der Waals surface area contributed by atoms with Crippen molar-refractivity contribution in [2.24, 2.45) is 0 Å². The van der Waals surface area contributed by atoms with Gasteiger partial charge in [0.2, 0.25) is 0 Å². The number of thiazole rings is 1. The van der Waals surface area contributed by atoms with Gasteiger partial charge in [-0.2, -0.15) is 0 Å². The Morgan fingerprint density at radius 3 is 2.50 bits per heavy atom. The van der Waals surface area contributed by atoms with E-state index in [2.05, 4.69) is 15.6 Å². The molecule has 0 radical (unpaired) electrons. The molecule has 3 rings (SSSR count). The summed E-state index contributed by atoms with van der Waals surface area (Å²) in [4.78, 5) is 27.7. The molecule has 1 heterocycles. The minimum atomic E-state index is -0.239. The summed E-state index contributed by atoms with van der Waals surface area (Å²) in [6.07, 6.45) is 0. The van der Waals surface area contributed by atoms with E-state index in [1.165, 1.54) is 18.3 Å². The second-order valence-corrected chi connectivity index (χ2v) is 7.22. The number of Topliss-reactive ketones (excluding diaryl/α,β-unsaturated/α-hetero) is 1. The zero-order chi connectivity index (χ0) is 19.9. The van der Waals surface area contributed by atoms with Gasteiger partial charge in [-0.3, -0.25) is 9.59 Å². The lowest BCUT2D eigenvalue weighted by Gasteiger charge is -2.06. The van der Waals surface area contributed by atoms with Crippen LogP contribution >= 0.6 is 22.9 Å². The summed E-state index contributed by atoms with van der Waals surface area (Å²) in [7, 11) is 0. The molecule has 0 bridgehead atoms. The molecule has 1 aromatic heterocycles. The molecule has 0 atom stereocenters. The molecule has 0 aliphatic carbocycles. The Morgan fingerprint density at radius 1 is 1.11 bits per heavy atom. The fourth-order valence-corrected chi connectivity index (χ4v) is 3.13. The summed E-state index contributed by atoms with van der Waals surface area (Å²) in [6, 6.07) is 14.0. The lowest BCUT2D eigenvalue weighted by molar-refractivity contribution is -0.123. The van der Waals surface area contributed by atoms with Crippen molar-refractivity contribution < 1.29 is 14.3 Å². The Balaban J connectivity index is 1.45. The molecule has 6 nitrogen and oxygen atoms in total. The van der Waals surface area contributed by atoms with Gasteiger partial charge in [0.15, 0.2) is 17.5 Å². The van der Waals surface area contributed by atoms with Gasteiger partial charge in [0.05, 0.1) is 12.2 Å². The van der Waals surface area contributed by atoms with Crippen LogP contribution in [-0.4, -0.2) is 23.3 Å². The summed E-state index contributed by atoms with van der Waals surface area (Å²) < 4.78 is 5.40. The van der Waals surface area contributed by atoms with Crippen LogP contribution in [0.15, 0.2) is 53.9 Å². The molecule has 144 valence electrons. The fourth-order valence-electron chi connectivity index (χ4n) is 2.28. The molecule has 3 aromatic rings. The predicted molar refractivity (Wildman–Crippen MR) is 111 cm³/mol. The van der Waals surface area contributed by atoms with Crippen molar-refractivity contribution in [3.05, 3.63) is 70.2 Å². The minimum Gasteiger partial charge on any atom is -0.484 e. The van der Waals surface area contributed by atoms with E-state index in [0.29, 0.717) is 28.0 Å². The van der Waals surface area contributed by atoms with E-state index in [1.54, 1.807) is 36.4 Å². The third-order valence-electron chi connectivity index (χ3n) is 3.74.